The Balaban J connectivity index is 2.93. The summed E-state index contributed by atoms with van der Waals surface area (Å²) in [7, 11) is 1.46. The van der Waals surface area contributed by atoms with Crippen LogP contribution in [-0.4, -0.2) is 13.5 Å². The topological polar surface area (TPSA) is 44.5 Å². The van der Waals surface area contributed by atoms with Gasteiger partial charge in [-0.1, -0.05) is 13.8 Å². The van der Waals surface area contributed by atoms with Crippen molar-refractivity contribution >= 4 is 0 Å². The third-order valence-electron chi connectivity index (χ3n) is 2.89. The number of hydrogen-bond donors (Lipinski definition) is 1. The Labute approximate surface area is 116 Å². The van der Waals surface area contributed by atoms with E-state index in [9.17, 15) is 13.2 Å². The Morgan fingerprint density at radius 1 is 1.20 bits per heavy atom. The van der Waals surface area contributed by atoms with Gasteiger partial charge in [-0.25, -0.2) is 0 Å². The van der Waals surface area contributed by atoms with Crippen LogP contribution in [0.5, 0.6) is 11.5 Å². The smallest absolute Gasteiger partial charge is 0.496 e. The molecule has 0 saturated carbocycles. The van der Waals surface area contributed by atoms with Crippen molar-refractivity contribution in [1.29, 1.82) is 0 Å². The number of ether oxygens (including phenoxy) is 2. The fraction of sp³-hybridized carbons (Fsp3) is 0.571. The van der Waals surface area contributed by atoms with E-state index in [1.807, 2.05) is 0 Å². The van der Waals surface area contributed by atoms with Gasteiger partial charge in [-0.05, 0) is 37.0 Å². The molecule has 0 saturated heterocycles. The lowest BCUT2D eigenvalue weighted by molar-refractivity contribution is -0.274. The van der Waals surface area contributed by atoms with Crippen LogP contribution < -0.4 is 15.2 Å². The second kappa shape index (κ2) is 6.83. The number of hydrogen-bond acceptors (Lipinski definition) is 3. The lowest BCUT2D eigenvalue weighted by atomic mass is 9.97. The van der Waals surface area contributed by atoms with Crippen LogP contribution in [0.3, 0.4) is 0 Å². The maximum absolute atomic E-state index is 12.2. The van der Waals surface area contributed by atoms with Crippen molar-refractivity contribution in [2.24, 2.45) is 11.7 Å². The second-order valence-electron chi connectivity index (χ2n) is 5.03. The van der Waals surface area contributed by atoms with E-state index in [4.69, 9.17) is 10.5 Å². The molecule has 6 heteroatoms. The molecule has 0 radical (unpaired) electrons. The van der Waals surface area contributed by atoms with E-state index in [0.29, 0.717) is 23.7 Å². The van der Waals surface area contributed by atoms with Crippen molar-refractivity contribution in [3.05, 3.63) is 23.8 Å². The molecule has 0 heterocycles. The van der Waals surface area contributed by atoms with Gasteiger partial charge in [0.1, 0.15) is 11.5 Å². The summed E-state index contributed by atoms with van der Waals surface area (Å²) >= 11 is 0. The van der Waals surface area contributed by atoms with Gasteiger partial charge in [0.25, 0.3) is 0 Å². The minimum atomic E-state index is -4.71. The summed E-state index contributed by atoms with van der Waals surface area (Å²) in [4.78, 5) is 0. The number of alkyl halides is 3. The molecule has 0 spiro atoms. The van der Waals surface area contributed by atoms with Crippen molar-refractivity contribution in [3.8, 4) is 11.5 Å². The number of nitrogens with two attached hydrogens (primary N) is 1. The maximum atomic E-state index is 12.2. The van der Waals surface area contributed by atoms with Gasteiger partial charge in [-0.15, -0.1) is 13.2 Å². The van der Waals surface area contributed by atoms with E-state index in [2.05, 4.69) is 18.6 Å². The first-order chi connectivity index (χ1) is 9.23. The number of benzene rings is 1. The Kier molecular flexibility index (Phi) is 5.68. The molecule has 0 bridgehead atoms. The highest BCUT2D eigenvalue weighted by molar-refractivity contribution is 5.42. The molecule has 0 aliphatic rings. The van der Waals surface area contributed by atoms with Gasteiger partial charge in [0.05, 0.1) is 7.11 Å². The monoisotopic (exact) mass is 291 g/mol. The van der Waals surface area contributed by atoms with Crippen molar-refractivity contribution in [1.82, 2.24) is 0 Å². The van der Waals surface area contributed by atoms with Gasteiger partial charge in [-0.3, -0.25) is 0 Å². The number of rotatable bonds is 6. The summed E-state index contributed by atoms with van der Waals surface area (Å²) < 4.78 is 45.7. The molecule has 20 heavy (non-hydrogen) atoms. The number of methoxy groups -OCH3 is 1. The molecule has 3 nitrogen and oxygen atoms in total. The van der Waals surface area contributed by atoms with Crippen LogP contribution in [0.2, 0.25) is 0 Å². The van der Waals surface area contributed by atoms with E-state index in [1.54, 1.807) is 0 Å². The summed E-state index contributed by atoms with van der Waals surface area (Å²) in [5.74, 6) is 0.658. The summed E-state index contributed by atoms with van der Waals surface area (Å²) in [6.45, 7) is 4.13. The molecule has 1 aromatic carbocycles. The summed E-state index contributed by atoms with van der Waals surface area (Å²) in [6, 6.07) is 3.55. The van der Waals surface area contributed by atoms with E-state index in [1.165, 1.54) is 25.3 Å². The molecule has 2 N–H and O–H groups in total. The maximum Gasteiger partial charge on any atom is 0.573 e. The lowest BCUT2D eigenvalue weighted by Crippen LogP contribution is -2.18. The molecule has 1 atom stereocenters. The first-order valence-corrected chi connectivity index (χ1v) is 6.42. The molecule has 1 rings (SSSR count). The van der Waals surface area contributed by atoms with Crippen LogP contribution in [0.4, 0.5) is 13.2 Å². The largest absolute Gasteiger partial charge is 0.573 e. The van der Waals surface area contributed by atoms with Crippen LogP contribution in [0.1, 0.15) is 38.3 Å². The standard InChI is InChI=1S/C14H20F3NO2/c1-9(2)4-6-12(18)11-8-10(20-14(15,16)17)5-7-13(11)19-3/h5,7-9,12H,4,6,18H2,1-3H3/t12-/m1/s1. The zero-order valence-corrected chi connectivity index (χ0v) is 11.8. The highest BCUT2D eigenvalue weighted by Crippen LogP contribution is 2.33. The minimum Gasteiger partial charge on any atom is -0.496 e. The highest BCUT2D eigenvalue weighted by atomic mass is 19.4. The van der Waals surface area contributed by atoms with Crippen LogP contribution in [-0.2, 0) is 0 Å². The Morgan fingerprint density at radius 3 is 2.35 bits per heavy atom. The first-order valence-electron chi connectivity index (χ1n) is 6.42. The molecule has 1 aromatic rings. The predicted molar refractivity (Wildman–Crippen MR) is 70.7 cm³/mol. The van der Waals surface area contributed by atoms with Crippen molar-refractivity contribution in [3.63, 3.8) is 0 Å². The summed E-state index contributed by atoms with van der Waals surface area (Å²) in [5, 5.41) is 0. The van der Waals surface area contributed by atoms with Crippen LogP contribution >= 0.6 is 0 Å². The molecule has 0 aliphatic heterocycles. The van der Waals surface area contributed by atoms with Crippen molar-refractivity contribution in [2.75, 3.05) is 7.11 Å². The fourth-order valence-electron chi connectivity index (χ4n) is 1.87. The van der Waals surface area contributed by atoms with Gasteiger partial charge in [0, 0.05) is 11.6 Å². The van der Waals surface area contributed by atoms with E-state index in [-0.39, 0.29) is 11.8 Å². The quantitative estimate of drug-likeness (QED) is 0.860. The second-order valence-corrected chi connectivity index (χ2v) is 5.03. The van der Waals surface area contributed by atoms with E-state index < -0.39 is 6.36 Å². The molecule has 0 amide bonds. The van der Waals surface area contributed by atoms with Crippen LogP contribution in [0.25, 0.3) is 0 Å². The third-order valence-corrected chi connectivity index (χ3v) is 2.89. The number of halogens is 3. The molecule has 0 aliphatic carbocycles. The predicted octanol–water partition coefficient (Wildman–Crippen LogP) is 4.03. The Morgan fingerprint density at radius 2 is 1.85 bits per heavy atom. The molecule has 114 valence electrons. The van der Waals surface area contributed by atoms with E-state index in [0.717, 1.165) is 6.42 Å². The Hall–Kier alpha value is -1.43. The normalized spacial score (nSPS) is 13.4. The zero-order chi connectivity index (χ0) is 15.3. The SMILES string of the molecule is COc1ccc(OC(F)(F)F)cc1[C@H](N)CCC(C)C. The van der Waals surface area contributed by atoms with E-state index >= 15 is 0 Å². The van der Waals surface area contributed by atoms with Gasteiger partial charge in [0.15, 0.2) is 0 Å². The Bertz CT molecular complexity index is 433. The fourth-order valence-corrected chi connectivity index (χ4v) is 1.87. The highest BCUT2D eigenvalue weighted by Gasteiger charge is 2.31. The average Bonchev–Trinajstić information content (AvgIpc) is 2.33. The van der Waals surface area contributed by atoms with Crippen LogP contribution in [0.15, 0.2) is 18.2 Å². The van der Waals surface area contributed by atoms with Gasteiger partial charge >= 0.3 is 6.36 Å². The average molecular weight is 291 g/mol. The van der Waals surface area contributed by atoms with Gasteiger partial charge in [-0.2, -0.15) is 0 Å². The summed E-state index contributed by atoms with van der Waals surface area (Å²) in [6.07, 6.45) is -3.16. The van der Waals surface area contributed by atoms with Gasteiger partial charge < -0.3 is 15.2 Å². The lowest BCUT2D eigenvalue weighted by Gasteiger charge is -2.18. The first kappa shape index (κ1) is 16.6. The summed E-state index contributed by atoms with van der Waals surface area (Å²) in [5.41, 5.74) is 6.56. The molecular formula is C14H20F3NO2. The minimum absolute atomic E-state index is 0.284. The van der Waals surface area contributed by atoms with Crippen molar-refractivity contribution in [2.45, 2.75) is 39.1 Å². The van der Waals surface area contributed by atoms with Crippen molar-refractivity contribution < 1.29 is 22.6 Å². The van der Waals surface area contributed by atoms with Gasteiger partial charge in [0.2, 0.25) is 0 Å². The molecule has 0 aromatic heterocycles. The van der Waals surface area contributed by atoms with Crippen LogP contribution in [0, 0.1) is 5.92 Å². The third kappa shape index (κ3) is 5.28. The molecule has 0 unspecified atom stereocenters. The zero-order valence-electron chi connectivity index (χ0n) is 11.8. The molecule has 0 fully saturated rings. The molecular weight excluding hydrogens is 271 g/mol.